The number of hydrogen-bond acceptors (Lipinski definition) is 5. The second kappa shape index (κ2) is 5.69. The van der Waals surface area contributed by atoms with E-state index in [0.29, 0.717) is 12.4 Å². The van der Waals surface area contributed by atoms with Crippen LogP contribution >= 0.6 is 0 Å². The van der Waals surface area contributed by atoms with Crippen molar-refractivity contribution in [1.82, 2.24) is 15.5 Å². The first kappa shape index (κ1) is 14.0. The molecule has 6 nitrogen and oxygen atoms in total. The number of amides is 1. The van der Waals surface area contributed by atoms with Crippen LogP contribution in [0.2, 0.25) is 0 Å². The molecule has 19 heavy (non-hydrogen) atoms. The molecule has 1 fully saturated rings. The minimum atomic E-state index is -0.566. The zero-order valence-corrected chi connectivity index (χ0v) is 11.6. The summed E-state index contributed by atoms with van der Waals surface area (Å²) < 4.78 is 5.20. The van der Waals surface area contributed by atoms with Gasteiger partial charge in [-0.15, -0.1) is 0 Å². The fraction of sp³-hybridized carbons (Fsp3) is 0.769. The van der Waals surface area contributed by atoms with Gasteiger partial charge in [0.05, 0.1) is 5.54 Å². The van der Waals surface area contributed by atoms with E-state index in [1.165, 1.54) is 6.42 Å². The predicted octanol–water partition coefficient (Wildman–Crippen LogP) is 1.57. The van der Waals surface area contributed by atoms with Gasteiger partial charge in [-0.05, 0) is 38.5 Å². The van der Waals surface area contributed by atoms with Crippen molar-refractivity contribution in [1.29, 1.82) is 0 Å². The summed E-state index contributed by atoms with van der Waals surface area (Å²) in [4.78, 5) is 15.8. The lowest BCUT2D eigenvalue weighted by molar-refractivity contribution is 0.0942. The first-order valence-corrected chi connectivity index (χ1v) is 7.00. The maximum absolute atomic E-state index is 11.6. The van der Waals surface area contributed by atoms with Gasteiger partial charge in [-0.2, -0.15) is 4.98 Å². The molecule has 0 atom stereocenters. The lowest BCUT2D eigenvalue weighted by Crippen LogP contribution is -2.40. The van der Waals surface area contributed by atoms with Crippen LogP contribution in [-0.2, 0) is 5.54 Å². The average molecular weight is 266 g/mol. The summed E-state index contributed by atoms with van der Waals surface area (Å²) in [7, 11) is 0. The molecule has 1 heterocycles. The van der Waals surface area contributed by atoms with Crippen LogP contribution < -0.4 is 11.1 Å². The molecule has 3 N–H and O–H groups in total. The van der Waals surface area contributed by atoms with Crippen LogP contribution in [0.4, 0.5) is 0 Å². The van der Waals surface area contributed by atoms with Gasteiger partial charge in [-0.25, -0.2) is 0 Å². The van der Waals surface area contributed by atoms with E-state index in [1.807, 2.05) is 6.92 Å². The molecule has 0 bridgehead atoms. The molecule has 106 valence electrons. The molecule has 0 aliphatic heterocycles. The molecule has 1 amide bonds. The second-order valence-electron chi connectivity index (χ2n) is 5.29. The second-order valence-corrected chi connectivity index (χ2v) is 5.29. The van der Waals surface area contributed by atoms with Crippen molar-refractivity contribution < 1.29 is 9.32 Å². The number of nitrogens with two attached hydrogens (primary N) is 1. The fourth-order valence-corrected chi connectivity index (χ4v) is 2.57. The summed E-state index contributed by atoms with van der Waals surface area (Å²) in [5.74, 6) is 0.883. The van der Waals surface area contributed by atoms with Crippen molar-refractivity contribution in [2.75, 3.05) is 6.54 Å². The highest BCUT2D eigenvalue weighted by Gasteiger charge is 2.38. The molecular weight excluding hydrogens is 244 g/mol. The predicted molar refractivity (Wildman–Crippen MR) is 70.4 cm³/mol. The van der Waals surface area contributed by atoms with Gasteiger partial charge in [-0.1, -0.05) is 18.5 Å². The summed E-state index contributed by atoms with van der Waals surface area (Å²) >= 11 is 0. The Morgan fingerprint density at radius 1 is 1.47 bits per heavy atom. The van der Waals surface area contributed by atoms with Crippen LogP contribution in [0.25, 0.3) is 0 Å². The highest BCUT2D eigenvalue weighted by atomic mass is 16.5. The number of nitrogens with one attached hydrogen (secondary N) is 1. The van der Waals surface area contributed by atoms with Crippen LogP contribution in [0.1, 0.15) is 62.5 Å². The van der Waals surface area contributed by atoms with E-state index in [9.17, 15) is 4.79 Å². The summed E-state index contributed by atoms with van der Waals surface area (Å²) in [6.07, 6.45) is 5.01. The summed E-state index contributed by atoms with van der Waals surface area (Å²) in [6.45, 7) is 4.58. The normalized spacial score (nSPS) is 27.2. The maximum Gasteiger partial charge on any atom is 0.292 e. The highest BCUT2D eigenvalue weighted by Crippen LogP contribution is 2.37. The van der Waals surface area contributed by atoms with Crippen LogP contribution in [0.3, 0.4) is 0 Å². The minimum Gasteiger partial charge on any atom is -0.349 e. The van der Waals surface area contributed by atoms with Crippen molar-refractivity contribution in [3.63, 3.8) is 0 Å². The summed E-state index contributed by atoms with van der Waals surface area (Å²) in [5.41, 5.74) is 5.79. The third-order valence-electron chi connectivity index (χ3n) is 3.97. The topological polar surface area (TPSA) is 94.0 Å². The molecule has 6 heteroatoms. The van der Waals surface area contributed by atoms with Gasteiger partial charge in [0.2, 0.25) is 5.89 Å². The van der Waals surface area contributed by atoms with E-state index in [-0.39, 0.29) is 11.7 Å². The highest BCUT2D eigenvalue weighted by molar-refractivity contribution is 5.90. The molecular formula is C13H22N4O2. The first-order valence-electron chi connectivity index (χ1n) is 7.00. The Kier molecular flexibility index (Phi) is 4.19. The zero-order valence-electron chi connectivity index (χ0n) is 11.6. The molecule has 1 aromatic heterocycles. The number of carbonyl (C=O) groups excluding carboxylic acids is 1. The number of rotatable bonds is 4. The van der Waals surface area contributed by atoms with Crippen LogP contribution in [0.5, 0.6) is 0 Å². The largest absolute Gasteiger partial charge is 0.349 e. The molecule has 1 saturated carbocycles. The molecule has 0 spiro atoms. The van der Waals surface area contributed by atoms with Crippen LogP contribution in [0.15, 0.2) is 4.52 Å². The summed E-state index contributed by atoms with van der Waals surface area (Å²) in [6, 6.07) is 0. The van der Waals surface area contributed by atoms with E-state index < -0.39 is 5.54 Å². The third kappa shape index (κ3) is 2.94. The zero-order chi connectivity index (χ0) is 13.9. The van der Waals surface area contributed by atoms with E-state index in [1.54, 1.807) is 0 Å². The van der Waals surface area contributed by atoms with Gasteiger partial charge >= 0.3 is 0 Å². The molecule has 0 radical (unpaired) electrons. The molecule has 1 aromatic rings. The molecule has 0 unspecified atom stereocenters. The lowest BCUT2D eigenvalue weighted by Gasteiger charge is -2.33. The van der Waals surface area contributed by atoms with E-state index in [2.05, 4.69) is 22.4 Å². The standard InChI is InChI=1S/C13H22N4O2/c1-3-9-5-7-13(14,8-6-9)12-16-10(17-19-12)11(18)15-4-2/h9H,3-8,14H2,1-2H3,(H,15,18). The average Bonchev–Trinajstić information content (AvgIpc) is 2.90. The Bertz CT molecular complexity index is 436. The Labute approximate surface area is 113 Å². The number of aromatic nitrogens is 2. The molecule has 0 saturated heterocycles. The van der Waals surface area contributed by atoms with Crippen molar-refractivity contribution >= 4 is 5.91 Å². The van der Waals surface area contributed by atoms with Crippen molar-refractivity contribution in [2.24, 2.45) is 11.7 Å². The van der Waals surface area contributed by atoms with Gasteiger partial charge in [0.15, 0.2) is 0 Å². The molecule has 0 aromatic carbocycles. The van der Waals surface area contributed by atoms with Gasteiger partial charge < -0.3 is 15.6 Å². The molecule has 2 rings (SSSR count). The molecule has 1 aliphatic carbocycles. The SMILES string of the molecule is CCNC(=O)c1noc(C2(N)CCC(CC)CC2)n1. The number of carbonyl (C=O) groups is 1. The van der Waals surface area contributed by atoms with Crippen LogP contribution in [-0.4, -0.2) is 22.6 Å². The monoisotopic (exact) mass is 266 g/mol. The van der Waals surface area contributed by atoms with Crippen molar-refractivity contribution in [3.8, 4) is 0 Å². The lowest BCUT2D eigenvalue weighted by atomic mass is 9.76. The third-order valence-corrected chi connectivity index (χ3v) is 3.97. The van der Waals surface area contributed by atoms with Crippen molar-refractivity contribution in [3.05, 3.63) is 11.7 Å². The summed E-state index contributed by atoms with van der Waals surface area (Å²) in [5, 5.41) is 6.36. The van der Waals surface area contributed by atoms with Gasteiger partial charge in [0.1, 0.15) is 0 Å². The Hall–Kier alpha value is -1.43. The van der Waals surface area contributed by atoms with Gasteiger partial charge in [0.25, 0.3) is 11.7 Å². The van der Waals surface area contributed by atoms with E-state index >= 15 is 0 Å². The number of nitrogens with zero attached hydrogens (tertiary/aromatic N) is 2. The van der Waals surface area contributed by atoms with E-state index in [0.717, 1.165) is 31.6 Å². The smallest absolute Gasteiger partial charge is 0.292 e. The Balaban J connectivity index is 2.08. The Morgan fingerprint density at radius 3 is 2.74 bits per heavy atom. The maximum atomic E-state index is 11.6. The quantitative estimate of drug-likeness (QED) is 0.862. The van der Waals surface area contributed by atoms with Gasteiger partial charge in [0, 0.05) is 6.54 Å². The minimum absolute atomic E-state index is 0.0688. The first-order chi connectivity index (χ1) is 9.09. The van der Waals surface area contributed by atoms with Crippen molar-refractivity contribution in [2.45, 2.75) is 51.5 Å². The van der Waals surface area contributed by atoms with E-state index in [4.69, 9.17) is 10.3 Å². The molecule has 1 aliphatic rings. The van der Waals surface area contributed by atoms with Gasteiger partial charge in [-0.3, -0.25) is 4.79 Å². The fourth-order valence-electron chi connectivity index (χ4n) is 2.57. The number of hydrogen-bond donors (Lipinski definition) is 2. The Morgan fingerprint density at radius 2 is 2.16 bits per heavy atom. The van der Waals surface area contributed by atoms with Crippen LogP contribution in [0, 0.1) is 5.92 Å².